The van der Waals surface area contributed by atoms with E-state index in [2.05, 4.69) is 113 Å². The van der Waals surface area contributed by atoms with Gasteiger partial charge in [-0.2, -0.15) is 0 Å². The third-order valence-electron chi connectivity index (χ3n) is 5.37. The van der Waals surface area contributed by atoms with Gasteiger partial charge in [-0.3, -0.25) is 0 Å². The molecule has 0 bridgehead atoms. The van der Waals surface area contributed by atoms with Crippen LogP contribution >= 0.6 is 0 Å². The van der Waals surface area contributed by atoms with Crippen molar-refractivity contribution in [1.82, 2.24) is 0 Å². The first-order valence-electron chi connectivity index (χ1n) is 12.8. The molecular weight excluding hydrogens is 400 g/mol. The van der Waals surface area contributed by atoms with E-state index in [1.54, 1.807) is 0 Å². The number of hydrogen-bond donors (Lipinski definition) is 0. The first kappa shape index (κ1) is 26.5. The van der Waals surface area contributed by atoms with Crippen LogP contribution < -0.4 is 4.74 Å². The molecule has 0 aliphatic heterocycles. The summed E-state index contributed by atoms with van der Waals surface area (Å²) >= 11 is 0. The van der Waals surface area contributed by atoms with E-state index >= 15 is 0 Å². The number of hydrogen-bond acceptors (Lipinski definition) is 1. The summed E-state index contributed by atoms with van der Waals surface area (Å²) in [5.74, 6) is 1.86. The van der Waals surface area contributed by atoms with E-state index in [1.807, 2.05) is 0 Å². The Morgan fingerprint density at radius 2 is 0.758 bits per heavy atom. The molecule has 0 fully saturated rings. The van der Waals surface area contributed by atoms with Crippen molar-refractivity contribution in [3.8, 4) is 11.5 Å². The van der Waals surface area contributed by atoms with E-state index in [0.29, 0.717) is 0 Å². The molecule has 0 N–H and O–H groups in total. The maximum absolute atomic E-state index is 6.82. The maximum Gasteiger partial charge on any atom is 0.141 e. The second-order valence-electron chi connectivity index (χ2n) is 8.40. The van der Waals surface area contributed by atoms with Crippen molar-refractivity contribution in [2.24, 2.45) is 0 Å². The molecule has 0 amide bonds. The van der Waals surface area contributed by atoms with Crippen LogP contribution in [-0.4, -0.2) is 0 Å². The molecule has 1 heteroatoms. The molecule has 0 radical (unpaired) electrons. The molecule has 0 spiro atoms. The molecule has 0 unspecified atom stereocenters. The zero-order valence-electron chi connectivity index (χ0n) is 21.1. The van der Waals surface area contributed by atoms with Gasteiger partial charge in [-0.15, -0.1) is 0 Å². The molecular formula is C32H42O. The van der Waals surface area contributed by atoms with Gasteiger partial charge in [-0.25, -0.2) is 0 Å². The van der Waals surface area contributed by atoms with Crippen molar-refractivity contribution in [2.75, 3.05) is 0 Å². The van der Waals surface area contributed by atoms with Gasteiger partial charge in [0.05, 0.1) is 0 Å². The fraction of sp³-hybridized carbons (Fsp3) is 0.375. The Hall–Kier alpha value is -2.80. The van der Waals surface area contributed by atoms with Crippen molar-refractivity contribution in [2.45, 2.75) is 79.1 Å². The van der Waals surface area contributed by atoms with E-state index in [1.165, 1.54) is 0 Å². The largest absolute Gasteiger partial charge is 0.455 e. The molecule has 33 heavy (non-hydrogen) atoms. The summed E-state index contributed by atoms with van der Waals surface area (Å²) in [5.41, 5.74) is 4.49. The Morgan fingerprint density at radius 1 is 0.485 bits per heavy atom. The topological polar surface area (TPSA) is 9.23 Å². The van der Waals surface area contributed by atoms with Crippen molar-refractivity contribution >= 4 is 24.3 Å². The number of allylic oxidation sites excluding steroid dienone is 4. The number of ether oxygens (including phenoxy) is 1. The second kappa shape index (κ2) is 15.9. The Labute approximate surface area is 202 Å². The highest BCUT2D eigenvalue weighted by Crippen LogP contribution is 2.37. The lowest BCUT2D eigenvalue weighted by molar-refractivity contribution is 0.478. The van der Waals surface area contributed by atoms with Crippen molar-refractivity contribution < 1.29 is 4.74 Å². The Morgan fingerprint density at radius 3 is 1.00 bits per heavy atom. The average Bonchev–Trinajstić information content (AvgIpc) is 2.82. The molecule has 2 aromatic rings. The molecule has 0 aliphatic rings. The molecule has 0 saturated heterocycles. The van der Waals surface area contributed by atoms with Crippen LogP contribution in [0.2, 0.25) is 0 Å². The predicted molar refractivity (Wildman–Crippen MR) is 149 cm³/mol. The Bertz CT molecular complexity index is 797. The second-order valence-corrected chi connectivity index (χ2v) is 8.40. The Balaban J connectivity index is 2.59. The third-order valence-corrected chi connectivity index (χ3v) is 5.37. The minimum Gasteiger partial charge on any atom is -0.455 e. The molecule has 176 valence electrons. The van der Waals surface area contributed by atoms with Crippen LogP contribution in [0.3, 0.4) is 0 Å². The van der Waals surface area contributed by atoms with Gasteiger partial charge in [0.2, 0.25) is 0 Å². The van der Waals surface area contributed by atoms with E-state index in [-0.39, 0.29) is 0 Å². The van der Waals surface area contributed by atoms with Crippen LogP contribution in [0.5, 0.6) is 11.5 Å². The van der Waals surface area contributed by atoms with Gasteiger partial charge in [0.1, 0.15) is 11.5 Å². The van der Waals surface area contributed by atoms with Crippen LogP contribution in [0.1, 0.15) is 101 Å². The predicted octanol–water partition coefficient (Wildman–Crippen LogP) is 10.7. The smallest absolute Gasteiger partial charge is 0.141 e. The van der Waals surface area contributed by atoms with Crippen LogP contribution in [0.4, 0.5) is 0 Å². The molecule has 0 aliphatic carbocycles. The van der Waals surface area contributed by atoms with Crippen LogP contribution in [0.15, 0.2) is 60.7 Å². The molecule has 1 nitrogen and oxygen atoms in total. The lowest BCUT2D eigenvalue weighted by Crippen LogP contribution is -1.96. The van der Waals surface area contributed by atoms with Gasteiger partial charge in [0.15, 0.2) is 0 Å². The summed E-state index contributed by atoms with van der Waals surface area (Å²) < 4.78 is 6.82. The van der Waals surface area contributed by atoms with Crippen LogP contribution in [0.25, 0.3) is 24.3 Å². The maximum atomic E-state index is 6.82. The van der Waals surface area contributed by atoms with Crippen LogP contribution in [-0.2, 0) is 0 Å². The molecule has 0 atom stereocenters. The Kier molecular flexibility index (Phi) is 12.8. The van der Waals surface area contributed by atoms with Crippen molar-refractivity contribution in [3.05, 3.63) is 83.0 Å². The number of para-hydroxylation sites is 2. The van der Waals surface area contributed by atoms with E-state index < -0.39 is 0 Å². The minimum absolute atomic E-state index is 0.929. The van der Waals surface area contributed by atoms with Crippen LogP contribution in [0, 0.1) is 0 Å². The lowest BCUT2D eigenvalue weighted by Gasteiger charge is -2.17. The van der Waals surface area contributed by atoms with Gasteiger partial charge >= 0.3 is 0 Å². The standard InChI is InChI=1S/C32H42O/c1-5-9-13-19-27-23-17-24-28(20-14-10-6-2)31(27)33-32-29(21-15-11-7-3)25-18-26-30(32)22-16-12-8-4/h13-26H,5-12H2,1-4H3. The summed E-state index contributed by atoms with van der Waals surface area (Å²) in [6, 6.07) is 12.9. The lowest BCUT2D eigenvalue weighted by atomic mass is 10.0. The SMILES string of the molecule is CCCC=Cc1cccc(C=CCCC)c1Oc1c(C=CCCC)cccc1C=CCCC. The third kappa shape index (κ3) is 8.92. The quantitative estimate of drug-likeness (QED) is 0.283. The first-order chi connectivity index (χ1) is 16.2. The van der Waals surface area contributed by atoms with Gasteiger partial charge in [0, 0.05) is 22.3 Å². The van der Waals surface area contributed by atoms with E-state index in [9.17, 15) is 0 Å². The number of unbranched alkanes of at least 4 members (excludes halogenated alkanes) is 4. The summed E-state index contributed by atoms with van der Waals surface area (Å²) in [5, 5.41) is 0. The zero-order valence-corrected chi connectivity index (χ0v) is 21.1. The fourth-order valence-corrected chi connectivity index (χ4v) is 3.52. The average molecular weight is 443 g/mol. The minimum atomic E-state index is 0.929. The molecule has 2 rings (SSSR count). The van der Waals surface area contributed by atoms with Gasteiger partial charge < -0.3 is 4.74 Å². The summed E-state index contributed by atoms with van der Waals surface area (Å²) in [7, 11) is 0. The normalized spacial score (nSPS) is 12.1. The van der Waals surface area contributed by atoms with Gasteiger partial charge in [0.25, 0.3) is 0 Å². The van der Waals surface area contributed by atoms with Gasteiger partial charge in [-0.05, 0) is 25.7 Å². The molecule has 2 aromatic carbocycles. The highest BCUT2D eigenvalue weighted by molar-refractivity contribution is 5.72. The highest BCUT2D eigenvalue weighted by atomic mass is 16.5. The summed E-state index contributed by atoms with van der Waals surface area (Å²) in [6.07, 6.45) is 26.6. The molecule has 0 saturated carbocycles. The van der Waals surface area contributed by atoms with E-state index in [0.717, 1.165) is 85.1 Å². The van der Waals surface area contributed by atoms with Crippen molar-refractivity contribution in [1.29, 1.82) is 0 Å². The number of rotatable bonds is 14. The molecule has 0 heterocycles. The first-order valence-corrected chi connectivity index (χ1v) is 12.8. The summed E-state index contributed by atoms with van der Waals surface area (Å²) in [4.78, 5) is 0. The monoisotopic (exact) mass is 442 g/mol. The fourth-order valence-electron chi connectivity index (χ4n) is 3.52. The van der Waals surface area contributed by atoms with Gasteiger partial charge in [-0.1, -0.05) is 138 Å². The highest BCUT2D eigenvalue weighted by Gasteiger charge is 2.13. The molecule has 0 aromatic heterocycles. The summed E-state index contributed by atoms with van der Waals surface area (Å²) in [6.45, 7) is 8.83. The number of benzene rings is 2. The van der Waals surface area contributed by atoms with E-state index in [4.69, 9.17) is 4.74 Å². The van der Waals surface area contributed by atoms with Crippen molar-refractivity contribution in [3.63, 3.8) is 0 Å². The zero-order chi connectivity index (χ0) is 23.7.